The zero-order chi connectivity index (χ0) is 23.4. The zero-order valence-corrected chi connectivity index (χ0v) is 19.8. The molecule has 8 nitrogen and oxygen atoms in total. The first-order chi connectivity index (χ1) is 15.9. The lowest BCUT2D eigenvalue weighted by Crippen LogP contribution is -2.16. The van der Waals surface area contributed by atoms with E-state index in [2.05, 4.69) is 36.8 Å². The van der Waals surface area contributed by atoms with Gasteiger partial charge in [-0.15, -0.1) is 5.10 Å². The summed E-state index contributed by atoms with van der Waals surface area (Å²) in [5.41, 5.74) is 3.70. The van der Waals surface area contributed by atoms with Crippen molar-refractivity contribution >= 4 is 45.2 Å². The number of aliphatic carboxylic acids is 1. The van der Waals surface area contributed by atoms with E-state index in [1.807, 2.05) is 49.4 Å². The number of hydrogen-bond acceptors (Lipinski definition) is 6. The molecule has 0 bridgehead atoms. The highest BCUT2D eigenvalue weighted by atomic mass is 79.9. The van der Waals surface area contributed by atoms with Crippen LogP contribution in [0.5, 0.6) is 0 Å². The fourth-order valence-corrected chi connectivity index (χ4v) is 4.76. The maximum absolute atomic E-state index is 12.5. The molecule has 3 aromatic rings. The monoisotopic (exact) mass is 512 g/mol. The van der Waals surface area contributed by atoms with E-state index in [4.69, 9.17) is 9.52 Å². The van der Waals surface area contributed by atoms with Gasteiger partial charge in [-0.1, -0.05) is 23.3 Å². The van der Waals surface area contributed by atoms with Gasteiger partial charge in [-0.05, 0) is 95.8 Å². The highest BCUT2D eigenvalue weighted by Gasteiger charge is 2.24. The topological polar surface area (TPSA) is 117 Å². The van der Waals surface area contributed by atoms with E-state index in [1.165, 1.54) is 5.56 Å². The van der Waals surface area contributed by atoms with Crippen molar-refractivity contribution in [1.82, 2.24) is 10.2 Å². The van der Waals surface area contributed by atoms with Crippen molar-refractivity contribution < 1.29 is 19.1 Å². The molecule has 1 saturated carbocycles. The SMILES string of the molecule is Cc1ccc(Nc2nnc(C(=O)Nc3ccc(C4CCC(CC(=O)O)CC4)cc3)o2)c(Br)c1. The van der Waals surface area contributed by atoms with Crippen molar-refractivity contribution in [3.63, 3.8) is 0 Å². The number of amides is 1. The summed E-state index contributed by atoms with van der Waals surface area (Å²) in [5, 5.41) is 22.5. The summed E-state index contributed by atoms with van der Waals surface area (Å²) in [6, 6.07) is 13.6. The van der Waals surface area contributed by atoms with Crippen LogP contribution in [-0.2, 0) is 4.79 Å². The first-order valence-corrected chi connectivity index (χ1v) is 11.7. The first-order valence-electron chi connectivity index (χ1n) is 10.9. The number of aromatic nitrogens is 2. The Hall–Kier alpha value is -3.20. The molecular formula is C24H25BrN4O4. The standard InChI is InChI=1S/C24H25BrN4O4/c1-14-2-11-20(19(25)12-14)27-24-29-28-23(33-24)22(32)26-18-9-7-17(8-10-18)16-5-3-15(4-6-16)13-21(30)31/h2,7-12,15-16H,3-6,13H2,1H3,(H,26,32)(H,27,29)(H,30,31). The Kier molecular flexibility index (Phi) is 7.08. The molecule has 0 aliphatic heterocycles. The van der Waals surface area contributed by atoms with Crippen LogP contribution in [0, 0.1) is 12.8 Å². The summed E-state index contributed by atoms with van der Waals surface area (Å²) in [5.74, 6) is -0.642. The van der Waals surface area contributed by atoms with Crippen LogP contribution in [0.2, 0.25) is 0 Å². The number of carboxylic acids is 1. The predicted octanol–water partition coefficient (Wildman–Crippen LogP) is 5.88. The normalized spacial score (nSPS) is 18.0. The van der Waals surface area contributed by atoms with Crippen LogP contribution in [0.3, 0.4) is 0 Å². The Morgan fingerprint density at radius 2 is 1.82 bits per heavy atom. The molecule has 33 heavy (non-hydrogen) atoms. The molecule has 0 radical (unpaired) electrons. The Labute approximate surface area is 199 Å². The van der Waals surface area contributed by atoms with Crippen molar-refractivity contribution in [2.75, 3.05) is 10.6 Å². The lowest BCUT2D eigenvalue weighted by atomic mass is 9.77. The van der Waals surface area contributed by atoms with Crippen LogP contribution < -0.4 is 10.6 Å². The number of nitrogens with one attached hydrogen (secondary N) is 2. The van der Waals surface area contributed by atoms with Crippen LogP contribution in [-0.4, -0.2) is 27.2 Å². The summed E-state index contributed by atoms with van der Waals surface area (Å²) in [6.45, 7) is 1.99. The van der Waals surface area contributed by atoms with Gasteiger partial charge in [0.05, 0.1) is 5.69 Å². The second kappa shape index (κ2) is 10.2. The molecule has 1 aromatic heterocycles. The van der Waals surface area contributed by atoms with Gasteiger partial charge in [0.25, 0.3) is 0 Å². The van der Waals surface area contributed by atoms with Gasteiger partial charge in [0.2, 0.25) is 0 Å². The van der Waals surface area contributed by atoms with E-state index in [1.54, 1.807) is 0 Å². The maximum atomic E-state index is 12.5. The fourth-order valence-electron chi connectivity index (χ4n) is 4.17. The molecule has 1 aliphatic carbocycles. The number of rotatable bonds is 7. The first kappa shape index (κ1) is 23.0. The van der Waals surface area contributed by atoms with Gasteiger partial charge < -0.3 is 20.2 Å². The second-order valence-corrected chi connectivity index (χ2v) is 9.27. The number of nitrogens with zero attached hydrogens (tertiary/aromatic N) is 2. The Morgan fingerprint density at radius 3 is 2.48 bits per heavy atom. The molecule has 0 atom stereocenters. The lowest BCUT2D eigenvalue weighted by Gasteiger charge is -2.28. The number of carbonyl (C=O) groups is 2. The van der Waals surface area contributed by atoms with E-state index >= 15 is 0 Å². The van der Waals surface area contributed by atoms with Gasteiger partial charge in [0, 0.05) is 16.6 Å². The lowest BCUT2D eigenvalue weighted by molar-refractivity contribution is -0.138. The minimum absolute atomic E-state index is 0.124. The van der Waals surface area contributed by atoms with E-state index < -0.39 is 11.9 Å². The average Bonchev–Trinajstić information content (AvgIpc) is 3.25. The Bertz CT molecular complexity index is 1140. The number of aryl methyl sites for hydroxylation is 1. The quantitative estimate of drug-likeness (QED) is 0.361. The van der Waals surface area contributed by atoms with Crippen LogP contribution in [0.4, 0.5) is 17.4 Å². The third kappa shape index (κ3) is 5.98. The number of anilines is 3. The number of carboxylic acid groups (broad SMARTS) is 1. The highest BCUT2D eigenvalue weighted by Crippen LogP contribution is 2.37. The van der Waals surface area contributed by atoms with Gasteiger partial charge in [0.1, 0.15) is 0 Å². The highest BCUT2D eigenvalue weighted by molar-refractivity contribution is 9.10. The van der Waals surface area contributed by atoms with Crippen LogP contribution >= 0.6 is 15.9 Å². The minimum atomic E-state index is -0.717. The predicted molar refractivity (Wildman–Crippen MR) is 128 cm³/mol. The Morgan fingerprint density at radius 1 is 1.09 bits per heavy atom. The zero-order valence-electron chi connectivity index (χ0n) is 18.2. The van der Waals surface area contributed by atoms with Gasteiger partial charge >= 0.3 is 23.8 Å². The summed E-state index contributed by atoms with van der Waals surface area (Å²) in [6.07, 6.45) is 4.09. The Balaban J connectivity index is 1.32. The smallest absolute Gasteiger partial charge is 0.320 e. The summed E-state index contributed by atoms with van der Waals surface area (Å²) in [4.78, 5) is 23.4. The molecule has 2 aromatic carbocycles. The molecule has 0 spiro atoms. The molecule has 1 aliphatic rings. The maximum Gasteiger partial charge on any atom is 0.320 e. The number of carbonyl (C=O) groups excluding carboxylic acids is 1. The van der Waals surface area contributed by atoms with Crippen LogP contribution in [0.25, 0.3) is 0 Å². The van der Waals surface area contributed by atoms with Crippen molar-refractivity contribution in [1.29, 1.82) is 0 Å². The molecule has 172 valence electrons. The molecule has 3 N–H and O–H groups in total. The van der Waals surface area contributed by atoms with Crippen LogP contribution in [0.1, 0.15) is 59.8 Å². The van der Waals surface area contributed by atoms with E-state index in [9.17, 15) is 9.59 Å². The largest absolute Gasteiger partial charge is 0.481 e. The molecule has 0 unspecified atom stereocenters. The fraction of sp³-hybridized carbons (Fsp3) is 0.333. The van der Waals surface area contributed by atoms with Gasteiger partial charge in [0.15, 0.2) is 0 Å². The average molecular weight is 513 g/mol. The third-order valence-electron chi connectivity index (χ3n) is 5.94. The minimum Gasteiger partial charge on any atom is -0.481 e. The summed E-state index contributed by atoms with van der Waals surface area (Å²) < 4.78 is 6.30. The van der Waals surface area contributed by atoms with E-state index in [0.717, 1.165) is 41.4 Å². The summed E-state index contributed by atoms with van der Waals surface area (Å²) in [7, 11) is 0. The van der Waals surface area contributed by atoms with Gasteiger partial charge in [-0.3, -0.25) is 9.59 Å². The van der Waals surface area contributed by atoms with Crippen molar-refractivity contribution in [3.8, 4) is 0 Å². The number of halogens is 1. The van der Waals surface area contributed by atoms with Crippen LogP contribution in [0.15, 0.2) is 51.4 Å². The molecule has 0 saturated heterocycles. The van der Waals surface area contributed by atoms with Crippen molar-refractivity contribution in [2.45, 2.75) is 44.9 Å². The molecule has 4 rings (SSSR count). The van der Waals surface area contributed by atoms with Crippen molar-refractivity contribution in [3.05, 3.63) is 64.0 Å². The second-order valence-electron chi connectivity index (χ2n) is 8.41. The molecular weight excluding hydrogens is 488 g/mol. The van der Waals surface area contributed by atoms with Gasteiger partial charge in [-0.25, -0.2) is 0 Å². The van der Waals surface area contributed by atoms with E-state index in [-0.39, 0.29) is 24.2 Å². The van der Waals surface area contributed by atoms with E-state index in [0.29, 0.717) is 11.6 Å². The van der Waals surface area contributed by atoms with Crippen molar-refractivity contribution in [2.24, 2.45) is 5.92 Å². The summed E-state index contributed by atoms with van der Waals surface area (Å²) >= 11 is 3.48. The third-order valence-corrected chi connectivity index (χ3v) is 6.59. The van der Waals surface area contributed by atoms with Gasteiger partial charge in [-0.2, -0.15) is 0 Å². The molecule has 1 heterocycles. The number of benzene rings is 2. The molecule has 9 heteroatoms. The molecule has 1 fully saturated rings. The number of hydrogen-bond donors (Lipinski definition) is 3. The molecule has 1 amide bonds.